The molecule has 1 aliphatic rings. The molecule has 118 valence electrons. The summed E-state index contributed by atoms with van der Waals surface area (Å²) in [6, 6.07) is 0.362. The fourth-order valence-electron chi connectivity index (χ4n) is 2.88. The number of amides is 1. The second kappa shape index (κ2) is 7.02. The van der Waals surface area contributed by atoms with E-state index in [9.17, 15) is 4.79 Å². The van der Waals surface area contributed by atoms with Crippen molar-refractivity contribution >= 4 is 5.91 Å². The molecule has 0 atom stereocenters. The number of carbonyl (C=O) groups is 1. The Labute approximate surface area is 126 Å². The van der Waals surface area contributed by atoms with Gasteiger partial charge in [-0.25, -0.2) is 4.68 Å². The van der Waals surface area contributed by atoms with Gasteiger partial charge < -0.3 is 10.2 Å². The normalized spacial score (nSPS) is 16.4. The maximum absolute atomic E-state index is 12.6. The largest absolute Gasteiger partial charge is 0.337 e. The first-order valence-electron chi connectivity index (χ1n) is 7.96. The van der Waals surface area contributed by atoms with Gasteiger partial charge in [0.1, 0.15) is 0 Å². The van der Waals surface area contributed by atoms with E-state index >= 15 is 0 Å². The first kappa shape index (κ1) is 15.9. The molecule has 1 aromatic rings. The summed E-state index contributed by atoms with van der Waals surface area (Å²) in [4.78, 5) is 14.5. The van der Waals surface area contributed by atoms with Crippen LogP contribution in [0.2, 0.25) is 0 Å². The van der Waals surface area contributed by atoms with Gasteiger partial charge in [0, 0.05) is 13.1 Å². The molecule has 1 aliphatic heterocycles. The maximum atomic E-state index is 12.6. The van der Waals surface area contributed by atoms with Gasteiger partial charge in [-0.3, -0.25) is 4.79 Å². The zero-order valence-electron chi connectivity index (χ0n) is 13.6. The Kier molecular flexibility index (Phi) is 5.33. The minimum atomic E-state index is 0.00360. The molecule has 0 aromatic carbocycles. The van der Waals surface area contributed by atoms with Crippen molar-refractivity contribution in [3.05, 3.63) is 11.4 Å². The van der Waals surface area contributed by atoms with Gasteiger partial charge >= 0.3 is 0 Å². The van der Waals surface area contributed by atoms with Crippen LogP contribution in [0.3, 0.4) is 0 Å². The van der Waals surface area contributed by atoms with Gasteiger partial charge in [0.05, 0.1) is 11.7 Å². The number of hydrogen-bond donors (Lipinski definition) is 1. The third kappa shape index (κ3) is 3.61. The van der Waals surface area contributed by atoms with Crippen LogP contribution in [0.25, 0.3) is 0 Å². The van der Waals surface area contributed by atoms with E-state index in [1.807, 2.05) is 23.4 Å². The highest BCUT2D eigenvalue weighted by atomic mass is 16.2. The Hall–Kier alpha value is -1.43. The number of nitrogens with one attached hydrogen (secondary N) is 1. The van der Waals surface area contributed by atoms with Gasteiger partial charge in [-0.05, 0) is 45.7 Å². The topological polar surface area (TPSA) is 63.1 Å². The summed E-state index contributed by atoms with van der Waals surface area (Å²) in [6.07, 6.45) is 2.09. The van der Waals surface area contributed by atoms with Crippen LogP contribution < -0.4 is 5.32 Å². The van der Waals surface area contributed by atoms with Gasteiger partial charge in [0.15, 0.2) is 5.69 Å². The van der Waals surface area contributed by atoms with E-state index in [4.69, 9.17) is 0 Å². The van der Waals surface area contributed by atoms with Crippen molar-refractivity contribution in [1.82, 2.24) is 25.2 Å². The van der Waals surface area contributed by atoms with Crippen molar-refractivity contribution in [3.63, 3.8) is 0 Å². The zero-order chi connectivity index (χ0) is 15.4. The molecule has 1 amide bonds. The molecule has 6 nitrogen and oxygen atoms in total. The molecule has 0 aliphatic carbocycles. The number of rotatable bonds is 5. The van der Waals surface area contributed by atoms with Crippen molar-refractivity contribution in [2.24, 2.45) is 5.92 Å². The van der Waals surface area contributed by atoms with Gasteiger partial charge in [-0.2, -0.15) is 0 Å². The van der Waals surface area contributed by atoms with Crippen LogP contribution in [-0.4, -0.2) is 52.0 Å². The van der Waals surface area contributed by atoms with Gasteiger partial charge in [-0.1, -0.05) is 19.1 Å². The average Bonchev–Trinajstić information content (AvgIpc) is 2.86. The smallest absolute Gasteiger partial charge is 0.276 e. The summed E-state index contributed by atoms with van der Waals surface area (Å²) >= 11 is 0. The lowest BCUT2D eigenvalue weighted by molar-refractivity contribution is 0.0739. The standard InChI is InChI=1S/C15H27N5O/c1-5-19(10-11(2)3)15(21)14-12(4)20(18-17-14)13-6-8-16-9-7-13/h11,13,16H,5-10H2,1-4H3. The lowest BCUT2D eigenvalue weighted by Crippen LogP contribution is -2.35. The zero-order valence-corrected chi connectivity index (χ0v) is 13.6. The molecule has 0 radical (unpaired) electrons. The van der Waals surface area contributed by atoms with Crippen molar-refractivity contribution in [1.29, 1.82) is 0 Å². The van der Waals surface area contributed by atoms with E-state index in [0.29, 0.717) is 24.2 Å². The van der Waals surface area contributed by atoms with Gasteiger partial charge in [-0.15, -0.1) is 5.10 Å². The molecule has 0 bridgehead atoms. The van der Waals surface area contributed by atoms with Crippen molar-refractivity contribution < 1.29 is 4.79 Å². The first-order valence-corrected chi connectivity index (χ1v) is 7.96. The molecule has 1 aromatic heterocycles. The number of hydrogen-bond acceptors (Lipinski definition) is 4. The summed E-state index contributed by atoms with van der Waals surface area (Å²) in [7, 11) is 0. The van der Waals surface area contributed by atoms with Crippen molar-refractivity contribution in [2.45, 2.75) is 46.6 Å². The summed E-state index contributed by atoms with van der Waals surface area (Å²) < 4.78 is 1.94. The molecule has 1 N–H and O–H groups in total. The van der Waals surface area contributed by atoms with E-state index in [0.717, 1.165) is 38.2 Å². The molecule has 1 saturated heterocycles. The summed E-state index contributed by atoms with van der Waals surface area (Å²) in [6.45, 7) is 11.7. The minimum absolute atomic E-state index is 0.00360. The molecular weight excluding hydrogens is 266 g/mol. The molecule has 0 unspecified atom stereocenters. The van der Waals surface area contributed by atoms with Crippen LogP contribution in [-0.2, 0) is 0 Å². The summed E-state index contributed by atoms with van der Waals surface area (Å²) in [5, 5.41) is 11.8. The predicted octanol–water partition coefficient (Wildman–Crippen LogP) is 1.63. The number of nitrogens with zero attached hydrogens (tertiary/aromatic N) is 4. The maximum Gasteiger partial charge on any atom is 0.276 e. The minimum Gasteiger partial charge on any atom is -0.337 e. The molecule has 1 fully saturated rings. The lowest BCUT2D eigenvalue weighted by atomic mass is 10.1. The fourth-order valence-corrected chi connectivity index (χ4v) is 2.88. The van der Waals surface area contributed by atoms with Crippen LogP contribution in [0.1, 0.15) is 55.8 Å². The van der Waals surface area contributed by atoms with E-state index < -0.39 is 0 Å². The van der Waals surface area contributed by atoms with Crippen LogP contribution in [0, 0.1) is 12.8 Å². The van der Waals surface area contributed by atoms with E-state index in [1.165, 1.54) is 0 Å². The van der Waals surface area contributed by atoms with Crippen molar-refractivity contribution in [3.8, 4) is 0 Å². The predicted molar refractivity (Wildman–Crippen MR) is 82.3 cm³/mol. The Morgan fingerprint density at radius 2 is 2.10 bits per heavy atom. The number of aromatic nitrogens is 3. The third-order valence-corrected chi connectivity index (χ3v) is 4.04. The molecule has 6 heteroatoms. The molecule has 2 rings (SSSR count). The second-order valence-electron chi connectivity index (χ2n) is 6.19. The van der Waals surface area contributed by atoms with E-state index in [-0.39, 0.29) is 5.91 Å². The summed E-state index contributed by atoms with van der Waals surface area (Å²) in [5.74, 6) is 0.456. The van der Waals surface area contributed by atoms with Crippen molar-refractivity contribution in [2.75, 3.05) is 26.2 Å². The molecule has 21 heavy (non-hydrogen) atoms. The Morgan fingerprint density at radius 1 is 1.43 bits per heavy atom. The van der Waals surface area contributed by atoms with Gasteiger partial charge in [0.2, 0.25) is 0 Å². The second-order valence-corrected chi connectivity index (χ2v) is 6.19. The quantitative estimate of drug-likeness (QED) is 0.896. The van der Waals surface area contributed by atoms with Crippen LogP contribution in [0.4, 0.5) is 0 Å². The molecule has 0 saturated carbocycles. The molecular formula is C15H27N5O. The fraction of sp³-hybridized carbons (Fsp3) is 0.800. The Balaban J connectivity index is 2.16. The first-order chi connectivity index (χ1) is 10.0. The highest BCUT2D eigenvalue weighted by Crippen LogP contribution is 2.21. The molecule has 0 spiro atoms. The van der Waals surface area contributed by atoms with Gasteiger partial charge in [0.25, 0.3) is 5.91 Å². The highest BCUT2D eigenvalue weighted by Gasteiger charge is 2.25. The Bertz CT molecular complexity index is 476. The van der Waals surface area contributed by atoms with E-state index in [1.54, 1.807) is 0 Å². The molecule has 2 heterocycles. The third-order valence-electron chi connectivity index (χ3n) is 4.04. The van der Waals surface area contributed by atoms with Crippen LogP contribution in [0.5, 0.6) is 0 Å². The lowest BCUT2D eigenvalue weighted by Gasteiger charge is -2.24. The SMILES string of the molecule is CCN(CC(C)C)C(=O)c1nnn(C2CCNCC2)c1C. The van der Waals surface area contributed by atoms with E-state index in [2.05, 4.69) is 29.5 Å². The summed E-state index contributed by atoms with van der Waals surface area (Å²) in [5.41, 5.74) is 1.41. The van der Waals surface area contributed by atoms with Crippen LogP contribution >= 0.6 is 0 Å². The number of carbonyl (C=O) groups excluding carboxylic acids is 1. The average molecular weight is 293 g/mol. The Morgan fingerprint density at radius 3 is 2.67 bits per heavy atom. The number of piperidine rings is 1. The van der Waals surface area contributed by atoms with Crippen LogP contribution in [0.15, 0.2) is 0 Å². The highest BCUT2D eigenvalue weighted by molar-refractivity contribution is 5.93. The monoisotopic (exact) mass is 293 g/mol.